The zero-order valence-corrected chi connectivity index (χ0v) is 11.6. The summed E-state index contributed by atoms with van der Waals surface area (Å²) in [5, 5.41) is 0.483. The van der Waals surface area contributed by atoms with Crippen LogP contribution in [0.15, 0.2) is 18.2 Å². The highest BCUT2D eigenvalue weighted by atomic mass is 79.9. The van der Waals surface area contributed by atoms with Gasteiger partial charge >= 0.3 is 0 Å². The van der Waals surface area contributed by atoms with Crippen molar-refractivity contribution in [3.8, 4) is 0 Å². The first-order valence-electron chi connectivity index (χ1n) is 5.28. The number of Topliss-reactive ketones (excluding diaryl/α,β-unsaturated/α-hetero) is 1. The van der Waals surface area contributed by atoms with Gasteiger partial charge in [0.25, 0.3) is 11.8 Å². The number of alkyl halides is 1. The number of carbonyl (C=O) groups is 3. The minimum absolute atomic E-state index is 0.0577. The summed E-state index contributed by atoms with van der Waals surface area (Å²) in [5.41, 5.74) is 0.536. The molecule has 0 spiro atoms. The zero-order chi connectivity index (χ0) is 13.3. The van der Waals surface area contributed by atoms with Crippen LogP contribution in [0.1, 0.15) is 27.1 Å². The molecule has 18 heavy (non-hydrogen) atoms. The van der Waals surface area contributed by atoms with Crippen LogP contribution in [0.4, 0.5) is 0 Å². The summed E-state index contributed by atoms with van der Waals surface area (Å²) in [6.07, 6.45) is 0.147. The van der Waals surface area contributed by atoms with Gasteiger partial charge in [0.2, 0.25) is 0 Å². The molecule has 0 N–H and O–H groups in total. The average Bonchev–Trinajstić information content (AvgIpc) is 2.60. The van der Waals surface area contributed by atoms with Crippen LogP contribution < -0.4 is 0 Å². The lowest BCUT2D eigenvalue weighted by Gasteiger charge is -2.12. The first-order valence-corrected chi connectivity index (χ1v) is 6.78. The lowest BCUT2D eigenvalue weighted by Crippen LogP contribution is -2.32. The van der Waals surface area contributed by atoms with Gasteiger partial charge in [0.15, 0.2) is 0 Å². The Balaban J connectivity index is 2.24. The molecule has 0 radical (unpaired) electrons. The highest BCUT2D eigenvalue weighted by molar-refractivity contribution is 9.09. The second-order valence-electron chi connectivity index (χ2n) is 3.85. The van der Waals surface area contributed by atoms with E-state index in [-0.39, 0.29) is 40.6 Å². The third kappa shape index (κ3) is 2.20. The first-order chi connectivity index (χ1) is 8.56. The molecule has 2 rings (SSSR count). The number of hydrogen-bond acceptors (Lipinski definition) is 3. The maximum atomic E-state index is 12.0. The summed E-state index contributed by atoms with van der Waals surface area (Å²) in [4.78, 5) is 36.3. The largest absolute Gasteiger partial charge is 0.299 e. The molecular formula is C12H9BrClNO3. The fourth-order valence-corrected chi connectivity index (χ4v) is 2.33. The van der Waals surface area contributed by atoms with E-state index in [9.17, 15) is 14.4 Å². The smallest absolute Gasteiger partial charge is 0.263 e. The van der Waals surface area contributed by atoms with Gasteiger partial charge in [-0.25, -0.2) is 0 Å². The standard InChI is InChI=1S/C12H9BrClNO3/c13-6-7(16)4-5-15-11(17)8-2-1-3-9(14)10(8)12(15)18/h1-3H,4-6H2. The van der Waals surface area contributed by atoms with Crippen LogP contribution >= 0.6 is 27.5 Å². The number of nitrogens with zero attached hydrogens (tertiary/aromatic N) is 1. The summed E-state index contributed by atoms with van der Waals surface area (Å²) in [7, 11) is 0. The lowest BCUT2D eigenvalue weighted by atomic mass is 10.1. The van der Waals surface area contributed by atoms with Gasteiger partial charge in [-0.3, -0.25) is 19.3 Å². The molecule has 94 valence electrons. The maximum absolute atomic E-state index is 12.0. The van der Waals surface area contributed by atoms with Crippen LogP contribution in [-0.4, -0.2) is 34.4 Å². The van der Waals surface area contributed by atoms with Crippen LogP contribution in [0.2, 0.25) is 5.02 Å². The van der Waals surface area contributed by atoms with Crippen molar-refractivity contribution in [2.75, 3.05) is 11.9 Å². The molecule has 1 aromatic carbocycles. The van der Waals surface area contributed by atoms with Crippen LogP contribution in [0.5, 0.6) is 0 Å². The van der Waals surface area contributed by atoms with Crippen molar-refractivity contribution >= 4 is 45.1 Å². The molecule has 1 aliphatic rings. The number of rotatable bonds is 4. The minimum atomic E-state index is -0.428. The fraction of sp³-hybridized carbons (Fsp3) is 0.250. The average molecular weight is 331 g/mol. The Morgan fingerprint density at radius 3 is 2.61 bits per heavy atom. The summed E-state index contributed by atoms with van der Waals surface area (Å²) in [5.74, 6) is -0.875. The van der Waals surface area contributed by atoms with E-state index in [2.05, 4.69) is 15.9 Å². The third-order valence-corrected chi connectivity index (χ3v) is 3.65. The molecule has 1 aromatic rings. The number of imide groups is 1. The molecule has 0 unspecified atom stereocenters. The van der Waals surface area contributed by atoms with Crippen LogP contribution in [0.25, 0.3) is 0 Å². The molecular weight excluding hydrogens is 321 g/mol. The number of carbonyl (C=O) groups excluding carboxylic acids is 3. The highest BCUT2D eigenvalue weighted by Crippen LogP contribution is 2.29. The first kappa shape index (κ1) is 13.2. The number of ketones is 1. The van der Waals surface area contributed by atoms with Crippen molar-refractivity contribution in [2.45, 2.75) is 6.42 Å². The molecule has 1 aliphatic heterocycles. The van der Waals surface area contributed by atoms with Crippen molar-refractivity contribution < 1.29 is 14.4 Å². The van der Waals surface area contributed by atoms with E-state index < -0.39 is 5.91 Å². The summed E-state index contributed by atoms with van der Waals surface area (Å²) < 4.78 is 0. The Labute approximate surface area is 117 Å². The monoisotopic (exact) mass is 329 g/mol. The minimum Gasteiger partial charge on any atom is -0.299 e. The number of amides is 2. The van der Waals surface area contributed by atoms with E-state index in [1.807, 2.05) is 0 Å². The van der Waals surface area contributed by atoms with Gasteiger partial charge in [-0.05, 0) is 12.1 Å². The van der Waals surface area contributed by atoms with Gasteiger partial charge < -0.3 is 0 Å². The molecule has 0 fully saturated rings. The van der Waals surface area contributed by atoms with Crippen LogP contribution in [0, 0.1) is 0 Å². The molecule has 0 atom stereocenters. The van der Waals surface area contributed by atoms with Crippen molar-refractivity contribution in [3.05, 3.63) is 34.3 Å². The van der Waals surface area contributed by atoms with Gasteiger partial charge in [-0.2, -0.15) is 0 Å². The Kier molecular flexibility index (Phi) is 3.82. The van der Waals surface area contributed by atoms with Crippen molar-refractivity contribution in [3.63, 3.8) is 0 Å². The molecule has 0 bridgehead atoms. The number of benzene rings is 1. The van der Waals surface area contributed by atoms with Gasteiger partial charge in [-0.1, -0.05) is 33.6 Å². The Morgan fingerprint density at radius 2 is 2.00 bits per heavy atom. The van der Waals surface area contributed by atoms with E-state index >= 15 is 0 Å². The molecule has 6 heteroatoms. The van der Waals surface area contributed by atoms with E-state index in [1.54, 1.807) is 18.2 Å². The maximum Gasteiger partial charge on any atom is 0.263 e. The van der Waals surface area contributed by atoms with Crippen molar-refractivity contribution in [2.24, 2.45) is 0 Å². The number of halogens is 2. The molecule has 4 nitrogen and oxygen atoms in total. The highest BCUT2D eigenvalue weighted by Gasteiger charge is 2.36. The summed E-state index contributed by atoms with van der Waals surface area (Å²) in [6, 6.07) is 4.76. The number of fused-ring (bicyclic) bond motifs is 1. The van der Waals surface area contributed by atoms with E-state index in [0.29, 0.717) is 5.56 Å². The second kappa shape index (κ2) is 5.20. The van der Waals surface area contributed by atoms with E-state index in [4.69, 9.17) is 11.6 Å². The topological polar surface area (TPSA) is 54.5 Å². The van der Waals surface area contributed by atoms with Gasteiger partial charge in [0.05, 0.1) is 21.5 Å². The normalized spacial score (nSPS) is 14.0. The Bertz CT molecular complexity index is 544. The zero-order valence-electron chi connectivity index (χ0n) is 9.28. The Morgan fingerprint density at radius 1 is 1.28 bits per heavy atom. The van der Waals surface area contributed by atoms with Crippen LogP contribution in [0.3, 0.4) is 0 Å². The van der Waals surface area contributed by atoms with Gasteiger partial charge in [0.1, 0.15) is 5.78 Å². The quantitative estimate of drug-likeness (QED) is 0.629. The van der Waals surface area contributed by atoms with Crippen LogP contribution in [-0.2, 0) is 4.79 Å². The molecule has 0 saturated heterocycles. The van der Waals surface area contributed by atoms with E-state index in [0.717, 1.165) is 4.90 Å². The molecule has 1 heterocycles. The summed E-state index contributed by atoms with van der Waals surface area (Å²) in [6.45, 7) is 0.0904. The fourth-order valence-electron chi connectivity index (χ4n) is 1.80. The third-order valence-electron chi connectivity index (χ3n) is 2.71. The van der Waals surface area contributed by atoms with Crippen molar-refractivity contribution in [1.82, 2.24) is 4.90 Å². The van der Waals surface area contributed by atoms with Gasteiger partial charge in [0, 0.05) is 13.0 Å². The number of hydrogen-bond donors (Lipinski definition) is 0. The van der Waals surface area contributed by atoms with Crippen molar-refractivity contribution in [1.29, 1.82) is 0 Å². The predicted molar refractivity (Wildman–Crippen MR) is 70.2 cm³/mol. The van der Waals surface area contributed by atoms with Gasteiger partial charge in [-0.15, -0.1) is 0 Å². The molecule has 2 amide bonds. The summed E-state index contributed by atoms with van der Waals surface area (Å²) >= 11 is 8.95. The SMILES string of the molecule is O=C(CBr)CCN1C(=O)c2cccc(Cl)c2C1=O. The molecule has 0 aliphatic carbocycles. The molecule has 0 aromatic heterocycles. The van der Waals surface area contributed by atoms with E-state index in [1.165, 1.54) is 0 Å². The lowest BCUT2D eigenvalue weighted by molar-refractivity contribution is -0.116. The second-order valence-corrected chi connectivity index (χ2v) is 4.81. The predicted octanol–water partition coefficient (Wildman–Crippen LogP) is 2.29. The Hall–Kier alpha value is -1.20. The molecule has 0 saturated carbocycles.